The normalized spacial score (nSPS) is 11.1. The Bertz CT molecular complexity index is 1030. The van der Waals surface area contributed by atoms with Crippen LogP contribution in [-0.4, -0.2) is 12.8 Å². The topological polar surface area (TPSA) is 30.8 Å². The van der Waals surface area contributed by atoms with Gasteiger partial charge in [0.1, 0.15) is 6.61 Å². The maximum absolute atomic E-state index is 6.08. The van der Waals surface area contributed by atoms with E-state index in [1.165, 1.54) is 5.56 Å². The molecule has 3 rings (SSSR count). The molecule has 5 heteroatoms. The molecule has 0 unspecified atom stereocenters. The first-order valence-corrected chi connectivity index (χ1v) is 10.9. The van der Waals surface area contributed by atoms with E-state index in [2.05, 4.69) is 59.6 Å². The number of benzene rings is 3. The van der Waals surface area contributed by atoms with Crippen LogP contribution < -0.4 is 9.47 Å². The van der Waals surface area contributed by atoms with Crippen molar-refractivity contribution >= 4 is 46.1 Å². The van der Waals surface area contributed by atoms with Crippen molar-refractivity contribution in [3.63, 3.8) is 0 Å². The zero-order chi connectivity index (χ0) is 20.8. The van der Waals surface area contributed by atoms with E-state index >= 15 is 0 Å². The molecule has 0 amide bonds. The third kappa shape index (κ3) is 5.97. The highest BCUT2D eigenvalue weighted by atomic mass is 127. The second-order valence-corrected chi connectivity index (χ2v) is 8.33. The van der Waals surface area contributed by atoms with Crippen LogP contribution >= 0.6 is 34.2 Å². The van der Waals surface area contributed by atoms with E-state index in [4.69, 9.17) is 21.1 Å². The summed E-state index contributed by atoms with van der Waals surface area (Å²) < 4.78 is 12.9. The number of aryl methyl sites for hydroxylation is 2. The molecule has 0 saturated heterocycles. The Hall–Kier alpha value is -2.05. The van der Waals surface area contributed by atoms with Crippen molar-refractivity contribution in [1.29, 1.82) is 0 Å². The Morgan fingerprint density at radius 3 is 2.62 bits per heavy atom. The van der Waals surface area contributed by atoms with Crippen LogP contribution in [0.3, 0.4) is 0 Å². The summed E-state index contributed by atoms with van der Waals surface area (Å²) in [6.07, 6.45) is 1.87. The van der Waals surface area contributed by atoms with Gasteiger partial charge in [-0.15, -0.1) is 0 Å². The van der Waals surface area contributed by atoms with E-state index in [-0.39, 0.29) is 0 Å². The van der Waals surface area contributed by atoms with Gasteiger partial charge in [0.2, 0.25) is 0 Å². The first-order valence-electron chi connectivity index (χ1n) is 9.41. The molecule has 0 aliphatic carbocycles. The smallest absolute Gasteiger partial charge is 0.175 e. The van der Waals surface area contributed by atoms with Crippen LogP contribution in [0.4, 0.5) is 5.69 Å². The lowest BCUT2D eigenvalue weighted by molar-refractivity contribution is 0.267. The summed E-state index contributed by atoms with van der Waals surface area (Å²) in [5.74, 6) is 1.44. The van der Waals surface area contributed by atoms with Crippen LogP contribution in [0.5, 0.6) is 11.5 Å². The van der Waals surface area contributed by atoms with Crippen molar-refractivity contribution in [1.82, 2.24) is 0 Å². The van der Waals surface area contributed by atoms with Gasteiger partial charge in [0.25, 0.3) is 0 Å². The summed E-state index contributed by atoms with van der Waals surface area (Å²) in [6, 6.07) is 17.9. The van der Waals surface area contributed by atoms with Crippen molar-refractivity contribution in [3.05, 3.63) is 85.4 Å². The molecule has 0 aliphatic rings. The van der Waals surface area contributed by atoms with Gasteiger partial charge in [0.15, 0.2) is 11.5 Å². The highest BCUT2D eigenvalue weighted by molar-refractivity contribution is 14.1. The highest BCUT2D eigenvalue weighted by Crippen LogP contribution is 2.35. The number of ether oxygens (including phenoxy) is 2. The van der Waals surface area contributed by atoms with Crippen molar-refractivity contribution in [2.24, 2.45) is 4.99 Å². The average molecular weight is 520 g/mol. The van der Waals surface area contributed by atoms with Gasteiger partial charge in [-0.1, -0.05) is 35.9 Å². The van der Waals surface area contributed by atoms with Gasteiger partial charge < -0.3 is 9.47 Å². The lowest BCUT2D eigenvalue weighted by Crippen LogP contribution is -2.02. The number of aliphatic imine (C=N–C) groups is 1. The van der Waals surface area contributed by atoms with Crippen LogP contribution in [0.25, 0.3) is 0 Å². The molecule has 3 aromatic rings. The first kappa shape index (κ1) is 21.7. The monoisotopic (exact) mass is 519 g/mol. The van der Waals surface area contributed by atoms with Gasteiger partial charge in [-0.2, -0.15) is 0 Å². The molecule has 0 saturated carbocycles. The van der Waals surface area contributed by atoms with Crippen LogP contribution in [0.1, 0.15) is 29.2 Å². The number of hydrogen-bond acceptors (Lipinski definition) is 3. The van der Waals surface area contributed by atoms with Gasteiger partial charge in [-0.25, -0.2) is 0 Å². The third-order valence-electron chi connectivity index (χ3n) is 4.32. The van der Waals surface area contributed by atoms with E-state index in [9.17, 15) is 0 Å². The van der Waals surface area contributed by atoms with E-state index in [0.29, 0.717) is 24.0 Å². The predicted octanol–water partition coefficient (Wildman–Crippen LogP) is 7.29. The van der Waals surface area contributed by atoms with E-state index in [1.807, 2.05) is 49.5 Å². The maximum Gasteiger partial charge on any atom is 0.175 e. The number of rotatable bonds is 7. The summed E-state index contributed by atoms with van der Waals surface area (Å²) >= 11 is 8.34. The number of halogens is 2. The second-order valence-electron chi connectivity index (χ2n) is 6.73. The van der Waals surface area contributed by atoms with Crippen LogP contribution in [-0.2, 0) is 6.61 Å². The van der Waals surface area contributed by atoms with E-state index < -0.39 is 0 Å². The fourth-order valence-corrected chi connectivity index (χ4v) is 3.84. The Morgan fingerprint density at radius 2 is 1.86 bits per heavy atom. The van der Waals surface area contributed by atoms with Gasteiger partial charge in [-0.3, -0.25) is 4.99 Å². The SMILES string of the molecule is CCOc1cc(C=Nc2cc(C)ccc2C)cc(I)c1OCc1cccc(Cl)c1. The van der Waals surface area contributed by atoms with E-state index in [0.717, 1.165) is 31.7 Å². The molecule has 0 radical (unpaired) electrons. The summed E-state index contributed by atoms with van der Waals surface area (Å²) in [7, 11) is 0. The Kier molecular flexibility index (Phi) is 7.56. The zero-order valence-corrected chi connectivity index (χ0v) is 19.6. The van der Waals surface area contributed by atoms with Gasteiger partial charge in [0, 0.05) is 11.2 Å². The van der Waals surface area contributed by atoms with Crippen LogP contribution in [0.15, 0.2) is 59.6 Å². The minimum atomic E-state index is 0.423. The molecule has 0 aliphatic heterocycles. The molecule has 29 heavy (non-hydrogen) atoms. The molecule has 3 aromatic carbocycles. The molecule has 0 heterocycles. The lowest BCUT2D eigenvalue weighted by atomic mass is 10.1. The fraction of sp³-hybridized carbons (Fsp3) is 0.208. The Labute approximate surface area is 190 Å². The summed E-state index contributed by atoms with van der Waals surface area (Å²) in [5, 5.41) is 0.698. The Morgan fingerprint density at radius 1 is 1.03 bits per heavy atom. The first-order chi connectivity index (χ1) is 14.0. The molecule has 0 aromatic heterocycles. The molecule has 0 spiro atoms. The molecular formula is C24H23ClINO2. The van der Waals surface area contributed by atoms with Crippen molar-refractivity contribution < 1.29 is 9.47 Å². The average Bonchev–Trinajstić information content (AvgIpc) is 2.68. The standard InChI is InChI=1S/C24H23ClINO2/c1-4-28-23-13-19(14-27-22-10-16(2)8-9-17(22)3)12-21(26)24(23)29-15-18-6-5-7-20(25)11-18/h5-14H,4,15H2,1-3H3. The van der Waals surface area contributed by atoms with Crippen LogP contribution in [0, 0.1) is 17.4 Å². The molecular weight excluding hydrogens is 497 g/mol. The largest absolute Gasteiger partial charge is 0.490 e. The molecule has 0 fully saturated rings. The van der Waals surface area contributed by atoms with Gasteiger partial charge in [-0.05, 0) is 95.9 Å². The second kappa shape index (κ2) is 10.1. The maximum atomic E-state index is 6.08. The van der Waals surface area contributed by atoms with Crippen molar-refractivity contribution in [2.75, 3.05) is 6.61 Å². The third-order valence-corrected chi connectivity index (χ3v) is 5.36. The minimum Gasteiger partial charge on any atom is -0.490 e. The summed E-state index contributed by atoms with van der Waals surface area (Å²) in [5.41, 5.74) is 5.29. The van der Waals surface area contributed by atoms with Crippen molar-refractivity contribution in [2.45, 2.75) is 27.4 Å². The van der Waals surface area contributed by atoms with Crippen LogP contribution in [0.2, 0.25) is 5.02 Å². The molecule has 0 bridgehead atoms. The van der Waals surface area contributed by atoms with Gasteiger partial charge >= 0.3 is 0 Å². The van der Waals surface area contributed by atoms with E-state index in [1.54, 1.807) is 0 Å². The molecule has 150 valence electrons. The zero-order valence-electron chi connectivity index (χ0n) is 16.7. The molecule has 0 atom stereocenters. The highest BCUT2D eigenvalue weighted by Gasteiger charge is 2.12. The predicted molar refractivity (Wildman–Crippen MR) is 129 cm³/mol. The fourth-order valence-electron chi connectivity index (χ4n) is 2.85. The summed E-state index contributed by atoms with van der Waals surface area (Å²) in [4.78, 5) is 4.67. The molecule has 0 N–H and O–H groups in total. The minimum absolute atomic E-state index is 0.423. The van der Waals surface area contributed by atoms with Gasteiger partial charge in [0.05, 0.1) is 15.9 Å². The quantitative estimate of drug-likeness (QED) is 0.242. The number of hydrogen-bond donors (Lipinski definition) is 0. The Balaban J connectivity index is 1.85. The van der Waals surface area contributed by atoms with Crippen molar-refractivity contribution in [3.8, 4) is 11.5 Å². The summed E-state index contributed by atoms with van der Waals surface area (Å²) in [6.45, 7) is 7.08. The number of nitrogens with zero attached hydrogens (tertiary/aromatic N) is 1. The molecule has 3 nitrogen and oxygen atoms in total. The lowest BCUT2D eigenvalue weighted by Gasteiger charge is -2.15.